The minimum atomic E-state index is -0.826. The van der Waals surface area contributed by atoms with E-state index in [1.165, 1.54) is 73.6 Å². The summed E-state index contributed by atoms with van der Waals surface area (Å²) in [7, 11) is 11.1. The molecule has 2 amide bonds. The molecule has 0 aromatic heterocycles. The molecule has 0 atom stereocenters. The normalized spacial score (nSPS) is 10.6. The molecule has 0 heterocycles. The van der Waals surface area contributed by atoms with Crippen LogP contribution in [0.4, 0.5) is 0 Å². The van der Waals surface area contributed by atoms with Crippen LogP contribution in [0.15, 0.2) is 109 Å². The summed E-state index contributed by atoms with van der Waals surface area (Å²) in [6.07, 6.45) is 0.830. The molecule has 8 heteroatoms. The van der Waals surface area contributed by atoms with Crippen molar-refractivity contribution in [1.29, 1.82) is 0 Å². The van der Waals surface area contributed by atoms with E-state index in [-0.39, 0.29) is 11.8 Å². The number of fused-ring (bicyclic) bond motifs is 2. The predicted molar refractivity (Wildman–Crippen MR) is 241 cm³/mol. The Kier molecular flexibility index (Phi) is 19.9. The predicted octanol–water partition coefficient (Wildman–Crippen LogP) is 13.9. The molecule has 0 bridgehead atoms. The summed E-state index contributed by atoms with van der Waals surface area (Å²) in [5.41, 5.74) is 11.2. The van der Waals surface area contributed by atoms with Crippen LogP contribution in [0.5, 0.6) is 0 Å². The third-order valence-electron chi connectivity index (χ3n) is 9.73. The molecule has 4 nitrogen and oxygen atoms in total. The average molecular weight is 868 g/mol. The van der Waals surface area contributed by atoms with E-state index in [9.17, 15) is 9.59 Å². The van der Waals surface area contributed by atoms with Gasteiger partial charge in [-0.25, -0.2) is 0 Å². The molecule has 0 unspecified atom stereocenters. The van der Waals surface area contributed by atoms with Crippen molar-refractivity contribution >= 4 is 57.9 Å². The molecule has 6 aromatic carbocycles. The molecule has 293 valence electrons. The van der Waals surface area contributed by atoms with Crippen LogP contribution in [0, 0.1) is 0 Å². The standard InChI is InChI=1S/2C21H23.C6H12BN2O2.2ClH.Zr/c2*1-14(2)17-12-16-8-7-11-20(21(16)13-17)19-10-6-5-9-18(19)15(3)4;1-3-5(10)8-7-9-6(11)4-2;;;/h2*5-15H,1-4H3;3-4H2,1-2H3,(H,8,10)(H,9,11);2*1H;/q2*-1;;;;+4/p-2. The molecule has 0 aliphatic carbocycles. The van der Waals surface area contributed by atoms with E-state index < -0.39 is 20.8 Å². The number of nitrogens with one attached hydrogen (secondary N) is 2. The van der Waals surface area contributed by atoms with E-state index in [1.807, 2.05) is 0 Å². The number of carbonyl (C=O) groups is 2. The van der Waals surface area contributed by atoms with Crippen LogP contribution < -0.4 is 10.5 Å². The number of halogens is 2. The Morgan fingerprint density at radius 1 is 0.554 bits per heavy atom. The molecule has 0 saturated carbocycles. The van der Waals surface area contributed by atoms with Crippen LogP contribution in [0.3, 0.4) is 0 Å². The zero-order chi connectivity index (χ0) is 41.4. The van der Waals surface area contributed by atoms with Gasteiger partial charge in [0.25, 0.3) is 0 Å². The maximum atomic E-state index is 10.6. The van der Waals surface area contributed by atoms with E-state index in [0.29, 0.717) is 36.5 Å². The first-order chi connectivity index (χ1) is 26.8. The molecule has 6 aromatic rings. The Labute approximate surface area is 355 Å². The number of rotatable bonds is 10. The van der Waals surface area contributed by atoms with Crippen molar-refractivity contribution < 1.29 is 30.4 Å². The zero-order valence-corrected chi connectivity index (χ0v) is 38.7. The summed E-state index contributed by atoms with van der Waals surface area (Å²) in [6.45, 7) is 21.6. The summed E-state index contributed by atoms with van der Waals surface area (Å²) < 4.78 is 0. The maximum absolute atomic E-state index is 10.6. The van der Waals surface area contributed by atoms with Gasteiger partial charge in [0.05, 0.1) is 0 Å². The third-order valence-corrected chi connectivity index (χ3v) is 9.73. The topological polar surface area (TPSA) is 58.2 Å². The van der Waals surface area contributed by atoms with Gasteiger partial charge in [-0.2, -0.15) is 12.1 Å². The summed E-state index contributed by atoms with van der Waals surface area (Å²) >= 11 is -0.826. The molecule has 1 radical (unpaired) electrons. The molecule has 0 aliphatic heterocycles. The summed E-state index contributed by atoms with van der Waals surface area (Å²) in [4.78, 5) is 21.2. The van der Waals surface area contributed by atoms with Crippen LogP contribution >= 0.6 is 17.0 Å². The molecular weight excluding hydrogens is 809 g/mol. The van der Waals surface area contributed by atoms with Gasteiger partial charge < -0.3 is 10.5 Å². The second kappa shape index (κ2) is 23.7. The fraction of sp³-hybridized carbons (Fsp3) is 0.333. The van der Waals surface area contributed by atoms with E-state index in [1.54, 1.807) is 13.8 Å². The summed E-state index contributed by atoms with van der Waals surface area (Å²) in [6, 6.07) is 40.3. The fourth-order valence-corrected chi connectivity index (χ4v) is 6.54. The molecule has 0 saturated heterocycles. The van der Waals surface area contributed by atoms with Gasteiger partial charge in [0.15, 0.2) is 0 Å². The van der Waals surface area contributed by atoms with E-state index in [2.05, 4.69) is 175 Å². The average Bonchev–Trinajstić information content (AvgIpc) is 3.84. The van der Waals surface area contributed by atoms with Crippen LogP contribution in [-0.4, -0.2) is 19.4 Å². The molecule has 2 N–H and O–H groups in total. The van der Waals surface area contributed by atoms with Crippen molar-refractivity contribution in [1.82, 2.24) is 10.5 Å². The van der Waals surface area contributed by atoms with E-state index >= 15 is 0 Å². The molecule has 0 aliphatic rings. The quantitative estimate of drug-likeness (QED) is 0.106. The van der Waals surface area contributed by atoms with E-state index in [0.717, 1.165) is 0 Å². The second-order valence-electron chi connectivity index (χ2n) is 15.0. The van der Waals surface area contributed by atoms with Crippen LogP contribution in [0.2, 0.25) is 0 Å². The van der Waals surface area contributed by atoms with Crippen molar-refractivity contribution in [3.8, 4) is 22.3 Å². The molecule has 56 heavy (non-hydrogen) atoms. The second-order valence-corrected chi connectivity index (χ2v) is 18.8. The fourth-order valence-electron chi connectivity index (χ4n) is 6.54. The Morgan fingerprint density at radius 2 is 0.893 bits per heavy atom. The number of hydrogen-bond donors (Lipinski definition) is 2. The van der Waals surface area contributed by atoms with Gasteiger partial charge in [-0.3, -0.25) is 9.59 Å². The number of amides is 2. The summed E-state index contributed by atoms with van der Waals surface area (Å²) in [5.74, 6) is 2.01. The van der Waals surface area contributed by atoms with Crippen molar-refractivity contribution in [3.05, 3.63) is 131 Å². The first-order valence-corrected chi connectivity index (χ1v) is 26.0. The van der Waals surface area contributed by atoms with Crippen molar-refractivity contribution in [2.75, 3.05) is 0 Å². The van der Waals surface area contributed by atoms with Crippen LogP contribution in [0.25, 0.3) is 43.8 Å². The van der Waals surface area contributed by atoms with Crippen LogP contribution in [-0.2, 0) is 30.4 Å². The Hall–Kier alpha value is -3.43. The first-order valence-electron chi connectivity index (χ1n) is 19.7. The van der Waals surface area contributed by atoms with Gasteiger partial charge in [-0.15, -0.1) is 69.1 Å². The summed E-state index contributed by atoms with van der Waals surface area (Å²) in [5, 5.41) is 10.3. The minimum absolute atomic E-state index is 0.110. The van der Waals surface area contributed by atoms with E-state index in [4.69, 9.17) is 17.0 Å². The SMILES string of the molecule is CC(C)c1cc2c(-c3ccccc3C(C)C)cccc2[cH-]1.CC(C)c1cc2c(-c3ccccc3C(C)C)cccc2[cH-]1.CCC(=O)N[B]NC(=O)CC.[Cl][Zr+2][Cl]. The van der Waals surface area contributed by atoms with Gasteiger partial charge in [-0.05, 0) is 45.9 Å². The molecule has 0 fully saturated rings. The van der Waals surface area contributed by atoms with Crippen molar-refractivity contribution in [3.63, 3.8) is 0 Å². The van der Waals surface area contributed by atoms with Gasteiger partial charge >= 0.3 is 45.4 Å². The molecule has 6 rings (SSSR count). The number of benzene rings is 4. The van der Waals surface area contributed by atoms with Gasteiger partial charge in [0.2, 0.25) is 11.8 Å². The Balaban J connectivity index is 0.000000228. The Morgan fingerprint density at radius 3 is 1.21 bits per heavy atom. The van der Waals surface area contributed by atoms with Gasteiger partial charge in [0, 0.05) is 12.8 Å². The molecular formula is C48H58BCl2N2O2Zr. The van der Waals surface area contributed by atoms with Crippen LogP contribution in [0.1, 0.15) is 128 Å². The van der Waals surface area contributed by atoms with Gasteiger partial charge in [-0.1, -0.05) is 141 Å². The number of carbonyl (C=O) groups excluding carboxylic acids is 2. The zero-order valence-electron chi connectivity index (χ0n) is 34.8. The van der Waals surface area contributed by atoms with Gasteiger partial charge in [0.1, 0.15) is 0 Å². The Bertz CT molecular complexity index is 1980. The number of hydrogen-bond acceptors (Lipinski definition) is 2. The van der Waals surface area contributed by atoms with Crippen molar-refractivity contribution in [2.45, 2.75) is 106 Å². The van der Waals surface area contributed by atoms with Crippen molar-refractivity contribution in [2.24, 2.45) is 0 Å². The first kappa shape index (κ1) is 46.9. The molecule has 0 spiro atoms. The monoisotopic (exact) mass is 865 g/mol. The third kappa shape index (κ3) is 13.3.